The van der Waals surface area contributed by atoms with Gasteiger partial charge in [0.2, 0.25) is 0 Å². The third-order valence-corrected chi connectivity index (χ3v) is 3.70. The Morgan fingerprint density at radius 2 is 1.79 bits per heavy atom. The Bertz CT molecular complexity index is 344. The first-order valence-corrected chi connectivity index (χ1v) is 7.52. The lowest BCUT2D eigenvalue weighted by Gasteiger charge is -2.03. The van der Waals surface area contributed by atoms with Gasteiger partial charge in [-0.2, -0.15) is 0 Å². The molecule has 1 aliphatic rings. The fourth-order valence-electron chi connectivity index (χ4n) is 1.86. The monoisotopic (exact) mass is 262 g/mol. The van der Waals surface area contributed by atoms with E-state index in [1.807, 2.05) is 26.0 Å². The summed E-state index contributed by atoms with van der Waals surface area (Å²) in [6.07, 6.45) is 6.64. The highest BCUT2D eigenvalue weighted by molar-refractivity contribution is 5.51. The average Bonchev–Trinajstić information content (AvgIpc) is 3.30. The minimum absolute atomic E-state index is 0.389. The summed E-state index contributed by atoms with van der Waals surface area (Å²) in [6, 6.07) is 8.32. The maximum Gasteiger partial charge on any atom is 0.0487 e. The number of aliphatic hydroxyl groups is 1. The van der Waals surface area contributed by atoms with Gasteiger partial charge in [0.05, 0.1) is 0 Å². The Morgan fingerprint density at radius 3 is 2.05 bits per heavy atom. The van der Waals surface area contributed by atoms with E-state index in [9.17, 15) is 0 Å². The Balaban J connectivity index is 0.000000316. The summed E-state index contributed by atoms with van der Waals surface area (Å²) in [4.78, 5) is 0. The molecule has 0 aliphatic heterocycles. The highest BCUT2D eigenvalue weighted by atomic mass is 16.3. The molecule has 1 aromatic carbocycles. The van der Waals surface area contributed by atoms with Crippen LogP contribution in [0.3, 0.4) is 0 Å². The van der Waals surface area contributed by atoms with Crippen LogP contribution in [-0.4, -0.2) is 11.7 Å². The Morgan fingerprint density at radius 1 is 1.21 bits per heavy atom. The Labute approximate surface area is 119 Å². The molecule has 0 radical (unpaired) electrons. The Hall–Kier alpha value is -1.08. The molecule has 1 aromatic rings. The lowest BCUT2D eigenvalue weighted by molar-refractivity contribution is 0.208. The van der Waals surface area contributed by atoms with E-state index in [1.165, 1.54) is 24.0 Å². The molecule has 0 aromatic heterocycles. The predicted molar refractivity (Wildman–Crippen MR) is 86.3 cm³/mol. The molecule has 0 bridgehead atoms. The van der Waals surface area contributed by atoms with E-state index in [1.54, 1.807) is 0 Å². The maximum absolute atomic E-state index is 8.66. The summed E-state index contributed by atoms with van der Waals surface area (Å²) in [5, 5.41) is 8.66. The van der Waals surface area contributed by atoms with Crippen molar-refractivity contribution in [3.63, 3.8) is 0 Å². The molecule has 1 aliphatic carbocycles. The van der Waals surface area contributed by atoms with Gasteiger partial charge in [-0.3, -0.25) is 0 Å². The van der Waals surface area contributed by atoms with Crippen LogP contribution in [0.2, 0.25) is 0 Å². The predicted octanol–water partition coefficient (Wildman–Crippen LogP) is 5.09. The SMILES string of the molecule is C=Cc1ccccc1CC.CC.CCC1(CO)CC1. The van der Waals surface area contributed by atoms with Gasteiger partial charge in [-0.1, -0.05) is 64.6 Å². The van der Waals surface area contributed by atoms with Crippen LogP contribution in [0.5, 0.6) is 0 Å². The molecular weight excluding hydrogens is 232 g/mol. The molecule has 1 N–H and O–H groups in total. The second kappa shape index (κ2) is 9.80. The minimum Gasteiger partial charge on any atom is -0.396 e. The molecular formula is C18H30O. The summed E-state index contributed by atoms with van der Waals surface area (Å²) >= 11 is 0. The van der Waals surface area contributed by atoms with Crippen molar-refractivity contribution in [3.05, 3.63) is 42.0 Å². The fourth-order valence-corrected chi connectivity index (χ4v) is 1.86. The second-order valence-electron chi connectivity index (χ2n) is 4.77. The first-order valence-electron chi connectivity index (χ1n) is 7.52. The fraction of sp³-hybridized carbons (Fsp3) is 0.556. The van der Waals surface area contributed by atoms with Crippen molar-refractivity contribution in [2.24, 2.45) is 5.41 Å². The van der Waals surface area contributed by atoms with Crippen molar-refractivity contribution in [3.8, 4) is 0 Å². The molecule has 1 heteroatoms. The van der Waals surface area contributed by atoms with E-state index in [-0.39, 0.29) is 0 Å². The molecule has 1 fully saturated rings. The topological polar surface area (TPSA) is 20.2 Å². The standard InChI is InChI=1S/C10H12.C6H12O.C2H6/c1-3-9-7-5-6-8-10(9)4-2;1-2-6(5-7)3-4-6;1-2/h3,5-8H,1,4H2,2H3;7H,2-5H2,1H3;1-2H3. The number of rotatable bonds is 4. The minimum atomic E-state index is 0.389. The zero-order chi connectivity index (χ0) is 14.7. The molecule has 0 saturated heterocycles. The smallest absolute Gasteiger partial charge is 0.0487 e. The van der Waals surface area contributed by atoms with E-state index in [4.69, 9.17) is 5.11 Å². The molecule has 0 spiro atoms. The molecule has 0 heterocycles. The van der Waals surface area contributed by atoms with Gasteiger partial charge in [0.15, 0.2) is 0 Å². The van der Waals surface area contributed by atoms with Gasteiger partial charge in [0.25, 0.3) is 0 Å². The van der Waals surface area contributed by atoms with Crippen molar-refractivity contribution < 1.29 is 5.11 Å². The largest absolute Gasteiger partial charge is 0.396 e. The van der Waals surface area contributed by atoms with Crippen LogP contribution >= 0.6 is 0 Å². The van der Waals surface area contributed by atoms with Crippen molar-refractivity contribution in [2.45, 2.75) is 53.4 Å². The molecule has 0 unspecified atom stereocenters. The van der Waals surface area contributed by atoms with Crippen molar-refractivity contribution in [1.29, 1.82) is 0 Å². The average molecular weight is 262 g/mol. The third-order valence-electron chi connectivity index (χ3n) is 3.70. The summed E-state index contributed by atoms with van der Waals surface area (Å²) in [5.74, 6) is 0. The third kappa shape index (κ3) is 6.07. The summed E-state index contributed by atoms with van der Waals surface area (Å²) < 4.78 is 0. The van der Waals surface area contributed by atoms with Gasteiger partial charge in [0.1, 0.15) is 0 Å². The Kier molecular flexibility index (Phi) is 9.24. The lowest BCUT2D eigenvalue weighted by Crippen LogP contribution is -2.02. The van der Waals surface area contributed by atoms with Gasteiger partial charge in [0, 0.05) is 6.61 Å². The summed E-state index contributed by atoms with van der Waals surface area (Å²) in [7, 11) is 0. The van der Waals surface area contributed by atoms with Crippen LogP contribution in [0.1, 0.15) is 58.1 Å². The molecule has 1 nitrogen and oxygen atoms in total. The van der Waals surface area contributed by atoms with E-state index < -0.39 is 0 Å². The van der Waals surface area contributed by atoms with Crippen LogP contribution in [0.4, 0.5) is 0 Å². The quantitative estimate of drug-likeness (QED) is 0.801. The molecule has 1 saturated carbocycles. The van der Waals surface area contributed by atoms with Gasteiger partial charge < -0.3 is 5.11 Å². The zero-order valence-electron chi connectivity index (χ0n) is 13.1. The van der Waals surface area contributed by atoms with Crippen LogP contribution < -0.4 is 0 Å². The highest BCUT2D eigenvalue weighted by Gasteiger charge is 2.39. The molecule has 108 valence electrons. The normalized spacial score (nSPS) is 14.4. The second-order valence-corrected chi connectivity index (χ2v) is 4.77. The van der Waals surface area contributed by atoms with Crippen molar-refractivity contribution in [2.75, 3.05) is 6.61 Å². The van der Waals surface area contributed by atoms with E-state index in [0.29, 0.717) is 12.0 Å². The molecule has 0 atom stereocenters. The van der Waals surface area contributed by atoms with E-state index in [0.717, 1.165) is 12.8 Å². The summed E-state index contributed by atoms with van der Waals surface area (Å²) in [6.45, 7) is 12.4. The first-order chi connectivity index (χ1) is 9.21. The van der Waals surface area contributed by atoms with Crippen LogP contribution in [-0.2, 0) is 6.42 Å². The van der Waals surface area contributed by atoms with E-state index >= 15 is 0 Å². The van der Waals surface area contributed by atoms with Crippen molar-refractivity contribution >= 4 is 6.08 Å². The number of aliphatic hydroxyl groups excluding tert-OH is 1. The van der Waals surface area contributed by atoms with Gasteiger partial charge in [-0.15, -0.1) is 0 Å². The number of hydrogen-bond donors (Lipinski definition) is 1. The van der Waals surface area contributed by atoms with Crippen LogP contribution in [0.25, 0.3) is 6.08 Å². The van der Waals surface area contributed by atoms with Gasteiger partial charge in [-0.25, -0.2) is 0 Å². The van der Waals surface area contributed by atoms with Gasteiger partial charge >= 0.3 is 0 Å². The maximum atomic E-state index is 8.66. The highest BCUT2D eigenvalue weighted by Crippen LogP contribution is 2.47. The first kappa shape index (κ1) is 17.9. The van der Waals surface area contributed by atoms with Crippen LogP contribution in [0.15, 0.2) is 30.8 Å². The molecule has 0 amide bonds. The van der Waals surface area contributed by atoms with Crippen LogP contribution in [0, 0.1) is 5.41 Å². The van der Waals surface area contributed by atoms with Crippen molar-refractivity contribution in [1.82, 2.24) is 0 Å². The number of aryl methyl sites for hydroxylation is 1. The summed E-state index contributed by atoms with van der Waals surface area (Å²) in [5.41, 5.74) is 3.02. The van der Waals surface area contributed by atoms with E-state index in [2.05, 4.69) is 38.6 Å². The molecule has 2 rings (SSSR count). The molecule has 19 heavy (non-hydrogen) atoms. The number of hydrogen-bond acceptors (Lipinski definition) is 1. The van der Waals surface area contributed by atoms with Gasteiger partial charge in [-0.05, 0) is 42.2 Å². The zero-order valence-corrected chi connectivity index (χ0v) is 13.1. The lowest BCUT2D eigenvalue weighted by atomic mass is 10.1. The number of benzene rings is 1.